The Balaban J connectivity index is 1.36. The van der Waals surface area contributed by atoms with Crippen molar-refractivity contribution in [1.82, 2.24) is 20.0 Å². The smallest absolute Gasteiger partial charge is 0.193 e. The molecule has 7 nitrogen and oxygen atoms in total. The summed E-state index contributed by atoms with van der Waals surface area (Å²) in [7, 11) is 5.84. The molecular formula is C22H38N6O. The number of para-hydroxylation sites is 2. The number of nitrogens with zero attached hydrogens (tertiary/aromatic N) is 5. The van der Waals surface area contributed by atoms with Crippen LogP contribution in [-0.2, 0) is 0 Å². The summed E-state index contributed by atoms with van der Waals surface area (Å²) >= 11 is 0. The molecule has 2 saturated heterocycles. The second-order valence-corrected chi connectivity index (χ2v) is 7.97. The molecule has 0 atom stereocenters. The van der Waals surface area contributed by atoms with E-state index in [-0.39, 0.29) is 0 Å². The molecular weight excluding hydrogens is 364 g/mol. The lowest BCUT2D eigenvalue weighted by molar-refractivity contribution is 0.152. The summed E-state index contributed by atoms with van der Waals surface area (Å²) in [6, 6.07) is 8.27. The molecule has 162 valence electrons. The number of hydrogen-bond donors (Lipinski definition) is 1. The Bertz CT molecular complexity index is 636. The average Bonchev–Trinajstić information content (AvgIpc) is 2.77. The molecule has 0 amide bonds. The number of methoxy groups -OCH3 is 1. The quantitative estimate of drug-likeness (QED) is 0.423. The molecule has 3 rings (SSSR count). The summed E-state index contributed by atoms with van der Waals surface area (Å²) in [5.74, 6) is 1.98. The zero-order valence-corrected chi connectivity index (χ0v) is 18.4. The van der Waals surface area contributed by atoms with Crippen molar-refractivity contribution >= 4 is 11.6 Å². The first-order chi connectivity index (χ1) is 14.2. The third kappa shape index (κ3) is 6.24. The minimum absolute atomic E-state index is 0.948. The van der Waals surface area contributed by atoms with Gasteiger partial charge >= 0.3 is 0 Å². The van der Waals surface area contributed by atoms with Crippen LogP contribution >= 0.6 is 0 Å². The van der Waals surface area contributed by atoms with E-state index in [4.69, 9.17) is 4.74 Å². The minimum Gasteiger partial charge on any atom is -0.495 e. The van der Waals surface area contributed by atoms with E-state index in [1.165, 1.54) is 51.3 Å². The lowest BCUT2D eigenvalue weighted by Crippen LogP contribution is -2.52. The van der Waals surface area contributed by atoms with Gasteiger partial charge in [-0.15, -0.1) is 0 Å². The number of nitrogens with one attached hydrogen (secondary N) is 1. The highest BCUT2D eigenvalue weighted by Gasteiger charge is 2.21. The Kier molecular flexibility index (Phi) is 8.43. The number of ether oxygens (including phenoxy) is 1. The van der Waals surface area contributed by atoms with Crippen molar-refractivity contribution in [3.63, 3.8) is 0 Å². The highest BCUT2D eigenvalue weighted by atomic mass is 16.5. The van der Waals surface area contributed by atoms with Crippen LogP contribution in [0.5, 0.6) is 5.75 Å². The Morgan fingerprint density at radius 1 is 1.00 bits per heavy atom. The number of benzene rings is 1. The maximum Gasteiger partial charge on any atom is 0.193 e. The number of anilines is 1. The van der Waals surface area contributed by atoms with Crippen molar-refractivity contribution < 1.29 is 4.74 Å². The first kappa shape index (κ1) is 21.7. The molecule has 0 saturated carbocycles. The third-order valence-electron chi connectivity index (χ3n) is 6.00. The van der Waals surface area contributed by atoms with Crippen LogP contribution in [0, 0.1) is 0 Å². The van der Waals surface area contributed by atoms with Crippen LogP contribution in [-0.4, -0.2) is 107 Å². The van der Waals surface area contributed by atoms with Gasteiger partial charge in [-0.2, -0.15) is 0 Å². The lowest BCUT2D eigenvalue weighted by Gasteiger charge is -2.38. The summed E-state index contributed by atoms with van der Waals surface area (Å²) in [6.07, 6.45) is 2.43. The highest BCUT2D eigenvalue weighted by Crippen LogP contribution is 2.28. The first-order valence-electron chi connectivity index (χ1n) is 11.0. The predicted molar refractivity (Wildman–Crippen MR) is 121 cm³/mol. The van der Waals surface area contributed by atoms with Gasteiger partial charge in [0.05, 0.1) is 12.8 Å². The number of piperazine rings is 2. The molecule has 0 aliphatic carbocycles. The lowest BCUT2D eigenvalue weighted by atomic mass is 10.2. The molecule has 0 unspecified atom stereocenters. The van der Waals surface area contributed by atoms with Crippen LogP contribution in [0.2, 0.25) is 0 Å². The fourth-order valence-electron chi connectivity index (χ4n) is 4.11. The minimum atomic E-state index is 0.948. The molecule has 1 N–H and O–H groups in total. The van der Waals surface area contributed by atoms with Crippen LogP contribution in [0.4, 0.5) is 5.69 Å². The van der Waals surface area contributed by atoms with Gasteiger partial charge in [-0.05, 0) is 38.6 Å². The number of rotatable bonds is 7. The Morgan fingerprint density at radius 2 is 1.72 bits per heavy atom. The number of likely N-dealkylation sites (N-methyl/N-ethyl adjacent to an activating group) is 1. The molecule has 2 aliphatic rings. The van der Waals surface area contributed by atoms with Gasteiger partial charge in [0.1, 0.15) is 5.75 Å². The van der Waals surface area contributed by atoms with Gasteiger partial charge < -0.3 is 29.7 Å². The van der Waals surface area contributed by atoms with Crippen LogP contribution in [0.1, 0.15) is 12.8 Å². The van der Waals surface area contributed by atoms with E-state index in [1.807, 2.05) is 19.2 Å². The normalized spacial score (nSPS) is 19.5. The summed E-state index contributed by atoms with van der Waals surface area (Å²) in [5, 5.41) is 3.57. The molecule has 0 radical (unpaired) electrons. The van der Waals surface area contributed by atoms with E-state index in [2.05, 4.69) is 49.1 Å². The zero-order chi connectivity index (χ0) is 20.5. The van der Waals surface area contributed by atoms with Crippen LogP contribution in [0.15, 0.2) is 29.3 Å². The molecule has 2 heterocycles. The molecule has 29 heavy (non-hydrogen) atoms. The SMILES string of the molecule is CN=C(NCCCCN1CCN(C)CC1)N1CCN(c2ccccc2OC)CC1. The van der Waals surface area contributed by atoms with E-state index in [1.54, 1.807) is 7.11 Å². The maximum atomic E-state index is 5.52. The van der Waals surface area contributed by atoms with Gasteiger partial charge in [0, 0.05) is 66.0 Å². The third-order valence-corrected chi connectivity index (χ3v) is 6.00. The van der Waals surface area contributed by atoms with Crippen LogP contribution < -0.4 is 15.0 Å². The van der Waals surface area contributed by atoms with Crippen LogP contribution in [0.25, 0.3) is 0 Å². The van der Waals surface area contributed by atoms with Gasteiger partial charge in [0.2, 0.25) is 0 Å². The van der Waals surface area contributed by atoms with E-state index >= 15 is 0 Å². The van der Waals surface area contributed by atoms with E-state index < -0.39 is 0 Å². The number of guanidine groups is 1. The first-order valence-corrected chi connectivity index (χ1v) is 11.0. The van der Waals surface area contributed by atoms with Crippen molar-refractivity contribution in [1.29, 1.82) is 0 Å². The Morgan fingerprint density at radius 3 is 2.41 bits per heavy atom. The van der Waals surface area contributed by atoms with Gasteiger partial charge in [-0.25, -0.2) is 0 Å². The van der Waals surface area contributed by atoms with Crippen molar-refractivity contribution in [2.45, 2.75) is 12.8 Å². The fourth-order valence-corrected chi connectivity index (χ4v) is 4.11. The summed E-state index contributed by atoms with van der Waals surface area (Å²) in [4.78, 5) is 14.3. The molecule has 2 aliphatic heterocycles. The van der Waals surface area contributed by atoms with Crippen molar-refractivity contribution in [2.24, 2.45) is 4.99 Å². The second-order valence-electron chi connectivity index (χ2n) is 7.97. The van der Waals surface area contributed by atoms with Crippen molar-refractivity contribution in [2.75, 3.05) is 91.6 Å². The van der Waals surface area contributed by atoms with Gasteiger partial charge in [0.25, 0.3) is 0 Å². The zero-order valence-electron chi connectivity index (χ0n) is 18.4. The molecule has 0 spiro atoms. The van der Waals surface area contributed by atoms with E-state index in [0.717, 1.165) is 44.4 Å². The predicted octanol–water partition coefficient (Wildman–Crippen LogP) is 1.42. The van der Waals surface area contributed by atoms with Gasteiger partial charge in [-0.3, -0.25) is 4.99 Å². The number of unbranched alkanes of at least 4 members (excludes halogenated alkanes) is 1. The van der Waals surface area contributed by atoms with E-state index in [9.17, 15) is 0 Å². The summed E-state index contributed by atoms with van der Waals surface area (Å²) < 4.78 is 5.52. The maximum absolute atomic E-state index is 5.52. The molecule has 2 fully saturated rings. The standard InChI is InChI=1S/C22H38N6O/c1-23-22(24-10-6-7-11-26-14-12-25(2)13-15-26)28-18-16-27(17-19-28)20-8-4-5-9-21(20)29-3/h4-5,8-9H,6-7,10-19H2,1-3H3,(H,23,24). The van der Waals surface area contributed by atoms with Gasteiger partial charge in [-0.1, -0.05) is 12.1 Å². The Hall–Kier alpha value is -1.99. The van der Waals surface area contributed by atoms with Crippen LogP contribution in [0.3, 0.4) is 0 Å². The van der Waals surface area contributed by atoms with E-state index in [0.29, 0.717) is 0 Å². The average molecular weight is 403 g/mol. The largest absolute Gasteiger partial charge is 0.495 e. The Labute approximate surface area is 176 Å². The molecule has 1 aromatic rings. The van der Waals surface area contributed by atoms with Crippen molar-refractivity contribution in [3.05, 3.63) is 24.3 Å². The summed E-state index contributed by atoms with van der Waals surface area (Å²) in [5.41, 5.74) is 1.18. The number of hydrogen-bond acceptors (Lipinski definition) is 5. The van der Waals surface area contributed by atoms with Gasteiger partial charge in [0.15, 0.2) is 5.96 Å². The fraction of sp³-hybridized carbons (Fsp3) is 0.682. The summed E-state index contributed by atoms with van der Waals surface area (Å²) in [6.45, 7) is 10.9. The topological polar surface area (TPSA) is 46.6 Å². The molecule has 0 aromatic heterocycles. The van der Waals surface area contributed by atoms with Crippen molar-refractivity contribution in [3.8, 4) is 5.75 Å². The highest BCUT2D eigenvalue weighted by molar-refractivity contribution is 5.80. The molecule has 0 bridgehead atoms. The molecule has 7 heteroatoms. The molecule has 1 aromatic carbocycles. The monoisotopic (exact) mass is 402 g/mol. The number of aliphatic imine (C=N–C) groups is 1. The second kappa shape index (κ2) is 11.3.